The maximum absolute atomic E-state index is 12.5. The lowest BCUT2D eigenvalue weighted by molar-refractivity contribution is -0.156. The lowest BCUT2D eigenvalue weighted by Crippen LogP contribution is -2.32. The second-order valence-corrected chi connectivity index (χ2v) is 4.07. The first-order chi connectivity index (χ1) is 9.29. The Morgan fingerprint density at radius 2 is 2.15 bits per heavy atom. The molecule has 1 aromatic rings. The van der Waals surface area contributed by atoms with Crippen molar-refractivity contribution < 1.29 is 18.0 Å². The van der Waals surface area contributed by atoms with E-state index in [2.05, 4.69) is 0 Å². The summed E-state index contributed by atoms with van der Waals surface area (Å²) in [4.78, 5) is 10.9. The minimum atomic E-state index is -4.45. The summed E-state index contributed by atoms with van der Waals surface area (Å²) in [5.74, 6) is 3.81. The summed E-state index contributed by atoms with van der Waals surface area (Å²) < 4.78 is 37.4. The van der Waals surface area contributed by atoms with Gasteiger partial charge in [0.15, 0.2) is 6.29 Å². The molecule has 7 heteroatoms. The van der Waals surface area contributed by atoms with E-state index in [1.165, 1.54) is 24.3 Å². The van der Waals surface area contributed by atoms with Crippen LogP contribution >= 0.6 is 0 Å². The Bertz CT molecular complexity index is 561. The van der Waals surface area contributed by atoms with Crippen molar-refractivity contribution in [2.24, 2.45) is 11.8 Å². The number of hydrogen-bond acceptors (Lipinski definition) is 4. The molecular weight excluding hydrogens is 271 g/mol. The van der Waals surface area contributed by atoms with Gasteiger partial charge in [-0.1, -0.05) is 13.0 Å². The SMILES string of the molecule is CC(/C=C(/C=O)N(N)c1cccc(C#N)c1)C(F)(F)F. The van der Waals surface area contributed by atoms with Crippen molar-refractivity contribution in [1.29, 1.82) is 5.26 Å². The van der Waals surface area contributed by atoms with Crippen molar-refractivity contribution in [3.63, 3.8) is 0 Å². The zero-order chi connectivity index (χ0) is 15.3. The van der Waals surface area contributed by atoms with E-state index >= 15 is 0 Å². The molecule has 1 aromatic carbocycles. The predicted octanol–water partition coefficient (Wildman–Crippen LogP) is 2.52. The number of carbonyl (C=O) groups excluding carboxylic acids is 1. The minimum absolute atomic E-state index is 0.237. The van der Waals surface area contributed by atoms with Gasteiger partial charge in [0.2, 0.25) is 0 Å². The van der Waals surface area contributed by atoms with E-state index in [0.717, 1.165) is 18.0 Å². The van der Waals surface area contributed by atoms with Gasteiger partial charge in [0, 0.05) is 0 Å². The van der Waals surface area contributed by atoms with Gasteiger partial charge >= 0.3 is 6.18 Å². The van der Waals surface area contributed by atoms with Crippen LogP contribution in [0.2, 0.25) is 0 Å². The number of aldehydes is 1. The normalized spacial score (nSPS) is 13.5. The number of nitriles is 1. The van der Waals surface area contributed by atoms with Gasteiger partial charge < -0.3 is 0 Å². The smallest absolute Gasteiger partial charge is 0.296 e. The standard InChI is InChI=1S/C13H12F3N3O/c1-9(13(14,15)16)5-12(8-20)19(18)11-4-2-3-10(6-11)7-17/h2-6,8-9H,18H2,1H3/b12-5-. The number of anilines is 1. The van der Waals surface area contributed by atoms with Gasteiger partial charge in [0.25, 0.3) is 0 Å². The van der Waals surface area contributed by atoms with Gasteiger partial charge in [-0.3, -0.25) is 9.80 Å². The lowest BCUT2D eigenvalue weighted by Gasteiger charge is -2.20. The van der Waals surface area contributed by atoms with E-state index < -0.39 is 12.1 Å². The number of hydrogen-bond donors (Lipinski definition) is 1. The molecule has 0 aliphatic carbocycles. The third kappa shape index (κ3) is 3.83. The number of nitrogens with two attached hydrogens (primary N) is 1. The monoisotopic (exact) mass is 283 g/mol. The molecule has 2 N–H and O–H groups in total. The van der Waals surface area contributed by atoms with Gasteiger partial charge in [-0.15, -0.1) is 0 Å². The summed E-state index contributed by atoms with van der Waals surface area (Å²) in [6.45, 7) is 0.920. The molecule has 1 atom stereocenters. The molecule has 0 aliphatic heterocycles. The largest absolute Gasteiger partial charge is 0.394 e. The third-order valence-electron chi connectivity index (χ3n) is 2.59. The maximum atomic E-state index is 12.5. The van der Waals surface area contributed by atoms with Crippen molar-refractivity contribution in [3.8, 4) is 6.07 Å². The van der Waals surface area contributed by atoms with Crippen LogP contribution in [-0.2, 0) is 4.79 Å². The molecule has 1 unspecified atom stereocenters. The molecule has 0 bridgehead atoms. The molecule has 0 heterocycles. The molecule has 106 valence electrons. The summed E-state index contributed by atoms with van der Waals surface area (Å²) in [7, 11) is 0. The number of alkyl halides is 3. The molecule has 0 aliphatic rings. The van der Waals surface area contributed by atoms with Gasteiger partial charge in [-0.2, -0.15) is 18.4 Å². The van der Waals surface area contributed by atoms with Crippen molar-refractivity contribution in [2.45, 2.75) is 13.1 Å². The van der Waals surface area contributed by atoms with Gasteiger partial charge in [0.1, 0.15) is 0 Å². The third-order valence-corrected chi connectivity index (χ3v) is 2.59. The molecular formula is C13H12F3N3O. The molecule has 0 saturated heterocycles. The summed E-state index contributed by atoms with van der Waals surface area (Å²) in [6, 6.07) is 7.76. The highest BCUT2D eigenvalue weighted by Crippen LogP contribution is 2.28. The Morgan fingerprint density at radius 1 is 1.50 bits per heavy atom. The summed E-state index contributed by atoms with van der Waals surface area (Å²) >= 11 is 0. The molecule has 1 rings (SSSR count). The van der Waals surface area contributed by atoms with Crippen molar-refractivity contribution in [3.05, 3.63) is 41.6 Å². The van der Waals surface area contributed by atoms with E-state index in [-0.39, 0.29) is 23.2 Å². The van der Waals surface area contributed by atoms with Crippen molar-refractivity contribution >= 4 is 12.0 Å². The fourth-order valence-electron chi connectivity index (χ4n) is 1.40. The zero-order valence-corrected chi connectivity index (χ0v) is 10.6. The summed E-state index contributed by atoms with van der Waals surface area (Å²) in [5.41, 5.74) is 0.203. The Hall–Kier alpha value is -2.33. The van der Waals surface area contributed by atoms with Crippen molar-refractivity contribution in [2.75, 3.05) is 5.01 Å². The Labute approximate surface area is 113 Å². The van der Waals surface area contributed by atoms with E-state index in [1.54, 1.807) is 0 Å². The van der Waals surface area contributed by atoms with Crippen LogP contribution in [0.5, 0.6) is 0 Å². The molecule has 4 nitrogen and oxygen atoms in total. The molecule has 0 fully saturated rings. The lowest BCUT2D eigenvalue weighted by atomic mass is 10.1. The van der Waals surface area contributed by atoms with Gasteiger partial charge in [-0.25, -0.2) is 5.84 Å². The molecule has 0 saturated carbocycles. The number of allylic oxidation sites excluding steroid dienone is 2. The number of carbonyl (C=O) groups is 1. The quantitative estimate of drug-likeness (QED) is 0.399. The first-order valence-corrected chi connectivity index (χ1v) is 5.58. The zero-order valence-electron chi connectivity index (χ0n) is 10.6. The second-order valence-electron chi connectivity index (χ2n) is 4.07. The van der Waals surface area contributed by atoms with Crippen LogP contribution in [0.1, 0.15) is 12.5 Å². The average Bonchev–Trinajstić information content (AvgIpc) is 2.42. The average molecular weight is 283 g/mol. The molecule has 0 aromatic heterocycles. The van der Waals surface area contributed by atoms with Crippen LogP contribution in [-0.4, -0.2) is 12.5 Å². The van der Waals surface area contributed by atoms with Crippen LogP contribution in [0, 0.1) is 17.2 Å². The summed E-state index contributed by atoms with van der Waals surface area (Å²) in [6.07, 6.45) is -3.49. The number of nitrogens with zero attached hydrogens (tertiary/aromatic N) is 2. The molecule has 0 spiro atoms. The molecule has 0 amide bonds. The Kier molecular flexibility index (Phi) is 4.88. The van der Waals surface area contributed by atoms with Crippen LogP contribution in [0.4, 0.5) is 18.9 Å². The van der Waals surface area contributed by atoms with Gasteiger partial charge in [-0.05, 0) is 24.3 Å². The van der Waals surface area contributed by atoms with Crippen LogP contribution in [0.25, 0.3) is 0 Å². The Balaban J connectivity index is 3.09. The highest BCUT2D eigenvalue weighted by Gasteiger charge is 2.35. The van der Waals surface area contributed by atoms with Crippen LogP contribution < -0.4 is 10.9 Å². The van der Waals surface area contributed by atoms with Crippen LogP contribution in [0.3, 0.4) is 0 Å². The van der Waals surface area contributed by atoms with Gasteiger partial charge in [0.05, 0.1) is 28.9 Å². The van der Waals surface area contributed by atoms with Crippen LogP contribution in [0.15, 0.2) is 36.0 Å². The fraction of sp³-hybridized carbons (Fsp3) is 0.231. The maximum Gasteiger partial charge on any atom is 0.394 e. The number of benzene rings is 1. The Morgan fingerprint density at radius 3 is 2.65 bits per heavy atom. The van der Waals surface area contributed by atoms with Crippen molar-refractivity contribution in [1.82, 2.24) is 0 Å². The van der Waals surface area contributed by atoms with E-state index in [1.807, 2.05) is 6.07 Å². The number of halogens is 3. The van der Waals surface area contributed by atoms with E-state index in [4.69, 9.17) is 11.1 Å². The minimum Gasteiger partial charge on any atom is -0.296 e. The number of rotatable bonds is 4. The highest BCUT2D eigenvalue weighted by atomic mass is 19.4. The molecule has 0 radical (unpaired) electrons. The van der Waals surface area contributed by atoms with E-state index in [0.29, 0.717) is 0 Å². The number of hydrazine groups is 1. The topological polar surface area (TPSA) is 70.1 Å². The highest BCUT2D eigenvalue weighted by molar-refractivity contribution is 5.79. The second kappa shape index (κ2) is 6.21. The predicted molar refractivity (Wildman–Crippen MR) is 67.2 cm³/mol. The first-order valence-electron chi connectivity index (χ1n) is 5.58. The molecule has 20 heavy (non-hydrogen) atoms. The first kappa shape index (κ1) is 15.7. The summed E-state index contributed by atoms with van der Waals surface area (Å²) in [5, 5.41) is 9.57. The van der Waals surface area contributed by atoms with E-state index in [9.17, 15) is 18.0 Å². The fourth-order valence-corrected chi connectivity index (χ4v) is 1.40.